The standard InChI is InChI=1S/C25H28N2O2/c1-20-6-4-7-22(16-20)18-27(19-24-8-5-15-29-24)25(28)23-11-9-21(10-12-23)17-26-13-2-3-14-26/h2-4,6-7,9-14,16,24H,5,8,15,17-19H2,1H3. The van der Waals surface area contributed by atoms with Crippen LogP contribution in [0.5, 0.6) is 0 Å². The molecule has 2 aromatic carbocycles. The van der Waals surface area contributed by atoms with Gasteiger partial charge in [0.1, 0.15) is 0 Å². The molecule has 1 aliphatic rings. The molecule has 1 atom stereocenters. The molecule has 1 amide bonds. The average molecular weight is 389 g/mol. The van der Waals surface area contributed by atoms with Crippen LogP contribution in [0.15, 0.2) is 73.1 Å². The zero-order valence-electron chi connectivity index (χ0n) is 17.0. The van der Waals surface area contributed by atoms with E-state index in [0.717, 1.165) is 37.1 Å². The van der Waals surface area contributed by atoms with Gasteiger partial charge in [0.25, 0.3) is 5.91 Å². The fourth-order valence-electron chi connectivity index (χ4n) is 3.91. The molecule has 150 valence electrons. The Morgan fingerprint density at radius 1 is 1.07 bits per heavy atom. The van der Waals surface area contributed by atoms with E-state index in [1.807, 2.05) is 53.7 Å². The highest BCUT2D eigenvalue weighted by Gasteiger charge is 2.23. The molecule has 1 aliphatic heterocycles. The molecular formula is C25H28N2O2. The highest BCUT2D eigenvalue weighted by atomic mass is 16.5. The molecule has 0 aliphatic carbocycles. The summed E-state index contributed by atoms with van der Waals surface area (Å²) >= 11 is 0. The molecule has 0 saturated carbocycles. The van der Waals surface area contributed by atoms with Crippen molar-refractivity contribution in [1.29, 1.82) is 0 Å². The molecule has 0 spiro atoms. The molecule has 4 heteroatoms. The second kappa shape index (κ2) is 9.10. The summed E-state index contributed by atoms with van der Waals surface area (Å²) in [6.45, 7) is 4.93. The predicted molar refractivity (Wildman–Crippen MR) is 115 cm³/mol. The monoisotopic (exact) mass is 388 g/mol. The number of nitrogens with zero attached hydrogens (tertiary/aromatic N) is 2. The lowest BCUT2D eigenvalue weighted by atomic mass is 10.1. The van der Waals surface area contributed by atoms with E-state index in [2.05, 4.69) is 35.8 Å². The van der Waals surface area contributed by atoms with Crippen molar-refractivity contribution >= 4 is 5.91 Å². The lowest BCUT2D eigenvalue weighted by Gasteiger charge is -2.26. The van der Waals surface area contributed by atoms with Crippen LogP contribution in [0.25, 0.3) is 0 Å². The molecule has 2 heterocycles. The third-order valence-electron chi connectivity index (χ3n) is 5.42. The first kappa shape index (κ1) is 19.5. The van der Waals surface area contributed by atoms with E-state index in [-0.39, 0.29) is 12.0 Å². The van der Waals surface area contributed by atoms with Gasteiger partial charge in [-0.25, -0.2) is 0 Å². The molecule has 0 N–H and O–H groups in total. The van der Waals surface area contributed by atoms with Crippen molar-refractivity contribution in [2.45, 2.75) is 39.0 Å². The van der Waals surface area contributed by atoms with Crippen LogP contribution in [0.1, 0.15) is 39.9 Å². The van der Waals surface area contributed by atoms with Crippen LogP contribution < -0.4 is 0 Å². The van der Waals surface area contributed by atoms with Crippen molar-refractivity contribution in [2.75, 3.05) is 13.2 Å². The first-order valence-electron chi connectivity index (χ1n) is 10.3. The molecule has 1 saturated heterocycles. The van der Waals surface area contributed by atoms with Crippen LogP contribution in [-0.2, 0) is 17.8 Å². The number of carbonyl (C=O) groups excluding carboxylic acids is 1. The van der Waals surface area contributed by atoms with E-state index < -0.39 is 0 Å². The molecule has 0 radical (unpaired) electrons. The topological polar surface area (TPSA) is 34.5 Å². The number of amides is 1. The van der Waals surface area contributed by atoms with Crippen LogP contribution in [0.4, 0.5) is 0 Å². The summed E-state index contributed by atoms with van der Waals surface area (Å²) in [5.74, 6) is 0.0644. The summed E-state index contributed by atoms with van der Waals surface area (Å²) in [7, 11) is 0. The maximum atomic E-state index is 13.3. The molecule has 1 unspecified atom stereocenters. The van der Waals surface area contributed by atoms with E-state index in [4.69, 9.17) is 4.74 Å². The van der Waals surface area contributed by atoms with Crippen LogP contribution in [-0.4, -0.2) is 34.6 Å². The van der Waals surface area contributed by atoms with Crippen LogP contribution in [0.2, 0.25) is 0 Å². The van der Waals surface area contributed by atoms with Gasteiger partial charge in [-0.2, -0.15) is 0 Å². The quantitative estimate of drug-likeness (QED) is 0.590. The zero-order chi connectivity index (χ0) is 20.1. The highest BCUT2D eigenvalue weighted by molar-refractivity contribution is 5.94. The predicted octanol–water partition coefficient (Wildman–Crippen LogP) is 4.67. The maximum Gasteiger partial charge on any atom is 0.254 e. The lowest BCUT2D eigenvalue weighted by molar-refractivity contribution is 0.0507. The summed E-state index contributed by atoms with van der Waals surface area (Å²) in [5.41, 5.74) is 4.27. The van der Waals surface area contributed by atoms with Gasteiger partial charge >= 0.3 is 0 Å². The Bertz CT molecular complexity index is 926. The van der Waals surface area contributed by atoms with E-state index in [1.165, 1.54) is 11.1 Å². The second-order valence-corrected chi connectivity index (χ2v) is 7.86. The molecule has 1 aromatic heterocycles. The minimum atomic E-state index is 0.0644. The van der Waals surface area contributed by atoms with Crippen LogP contribution in [0.3, 0.4) is 0 Å². The Hall–Kier alpha value is -2.85. The minimum Gasteiger partial charge on any atom is -0.376 e. The van der Waals surface area contributed by atoms with Gasteiger partial charge in [0.2, 0.25) is 0 Å². The van der Waals surface area contributed by atoms with Crippen LogP contribution >= 0.6 is 0 Å². The Balaban J connectivity index is 1.50. The van der Waals surface area contributed by atoms with Crippen molar-refractivity contribution in [1.82, 2.24) is 9.47 Å². The van der Waals surface area contributed by atoms with Gasteiger partial charge in [-0.3, -0.25) is 4.79 Å². The number of hydrogen-bond donors (Lipinski definition) is 0. The van der Waals surface area contributed by atoms with Gasteiger partial charge in [0.05, 0.1) is 6.10 Å². The zero-order valence-corrected chi connectivity index (χ0v) is 17.0. The number of aryl methyl sites for hydroxylation is 1. The van der Waals surface area contributed by atoms with E-state index in [9.17, 15) is 4.79 Å². The number of hydrogen-bond acceptors (Lipinski definition) is 2. The van der Waals surface area contributed by atoms with Gasteiger partial charge < -0.3 is 14.2 Å². The smallest absolute Gasteiger partial charge is 0.254 e. The minimum absolute atomic E-state index is 0.0644. The van der Waals surface area contributed by atoms with Gasteiger partial charge in [-0.1, -0.05) is 42.0 Å². The molecule has 3 aromatic rings. The first-order valence-corrected chi connectivity index (χ1v) is 10.3. The lowest BCUT2D eigenvalue weighted by Crippen LogP contribution is -2.37. The van der Waals surface area contributed by atoms with E-state index in [0.29, 0.717) is 13.1 Å². The third kappa shape index (κ3) is 5.15. The molecule has 4 nitrogen and oxygen atoms in total. The summed E-state index contributed by atoms with van der Waals surface area (Å²) in [6.07, 6.45) is 6.32. The van der Waals surface area contributed by atoms with Gasteiger partial charge in [-0.15, -0.1) is 0 Å². The molecular weight excluding hydrogens is 360 g/mol. The highest BCUT2D eigenvalue weighted by Crippen LogP contribution is 2.18. The van der Waals surface area contributed by atoms with Gasteiger partial charge in [0, 0.05) is 44.2 Å². The number of rotatable bonds is 7. The summed E-state index contributed by atoms with van der Waals surface area (Å²) < 4.78 is 7.94. The van der Waals surface area contributed by atoms with E-state index in [1.54, 1.807) is 0 Å². The maximum absolute atomic E-state index is 13.3. The Kier molecular flexibility index (Phi) is 6.11. The number of ether oxygens (including phenoxy) is 1. The molecule has 4 rings (SSSR count). The summed E-state index contributed by atoms with van der Waals surface area (Å²) in [5, 5.41) is 0. The normalized spacial score (nSPS) is 16.1. The Labute approximate surface area is 172 Å². The van der Waals surface area contributed by atoms with Gasteiger partial charge in [-0.05, 0) is 55.2 Å². The molecule has 0 bridgehead atoms. The largest absolute Gasteiger partial charge is 0.376 e. The number of benzene rings is 2. The SMILES string of the molecule is Cc1cccc(CN(CC2CCCO2)C(=O)c2ccc(Cn3cccc3)cc2)c1. The Morgan fingerprint density at radius 3 is 2.55 bits per heavy atom. The van der Waals surface area contributed by atoms with Crippen molar-refractivity contribution in [3.05, 3.63) is 95.3 Å². The fraction of sp³-hybridized carbons (Fsp3) is 0.320. The van der Waals surface area contributed by atoms with Gasteiger partial charge in [0.15, 0.2) is 0 Å². The van der Waals surface area contributed by atoms with Crippen molar-refractivity contribution in [3.8, 4) is 0 Å². The number of carbonyl (C=O) groups is 1. The second-order valence-electron chi connectivity index (χ2n) is 7.86. The average Bonchev–Trinajstić information content (AvgIpc) is 3.42. The Morgan fingerprint density at radius 2 is 1.86 bits per heavy atom. The summed E-state index contributed by atoms with van der Waals surface area (Å²) in [4.78, 5) is 15.3. The van der Waals surface area contributed by atoms with Crippen molar-refractivity contribution in [3.63, 3.8) is 0 Å². The van der Waals surface area contributed by atoms with Crippen molar-refractivity contribution < 1.29 is 9.53 Å². The van der Waals surface area contributed by atoms with Crippen molar-refractivity contribution in [2.24, 2.45) is 0 Å². The first-order chi connectivity index (χ1) is 14.2. The van der Waals surface area contributed by atoms with E-state index >= 15 is 0 Å². The third-order valence-corrected chi connectivity index (χ3v) is 5.42. The number of aromatic nitrogens is 1. The van der Waals surface area contributed by atoms with Crippen LogP contribution in [0, 0.1) is 6.92 Å². The fourth-order valence-corrected chi connectivity index (χ4v) is 3.91. The molecule has 29 heavy (non-hydrogen) atoms. The summed E-state index contributed by atoms with van der Waals surface area (Å²) in [6, 6.07) is 20.4. The molecule has 1 fully saturated rings.